The molecule has 0 spiro atoms. The fourth-order valence-corrected chi connectivity index (χ4v) is 4.02. The summed E-state index contributed by atoms with van der Waals surface area (Å²) in [5.74, 6) is 1.03. The van der Waals surface area contributed by atoms with Crippen molar-refractivity contribution in [2.45, 2.75) is 13.5 Å². The Morgan fingerprint density at radius 1 is 1.10 bits per heavy atom. The van der Waals surface area contributed by atoms with Crippen molar-refractivity contribution in [3.63, 3.8) is 0 Å². The number of rotatable bonds is 5. The number of hydrogen-bond acceptors (Lipinski definition) is 6. The first kappa shape index (κ1) is 17.6. The van der Waals surface area contributed by atoms with Crippen LogP contribution in [0.3, 0.4) is 0 Å². The molecule has 2 aromatic carbocycles. The maximum Gasteiger partial charge on any atom is 0.290 e. The lowest BCUT2D eigenvalue weighted by atomic mass is 10.1. The smallest absolute Gasteiger partial charge is 0.290 e. The van der Waals surface area contributed by atoms with E-state index in [-0.39, 0.29) is 12.5 Å². The third-order valence-electron chi connectivity index (χ3n) is 4.84. The van der Waals surface area contributed by atoms with Crippen LogP contribution in [0.2, 0.25) is 0 Å². The van der Waals surface area contributed by atoms with E-state index in [1.807, 2.05) is 66.9 Å². The van der Waals surface area contributed by atoms with Gasteiger partial charge in [0.2, 0.25) is 11.7 Å². The molecule has 0 aliphatic rings. The number of fused-ring (bicyclic) bond motifs is 3. The van der Waals surface area contributed by atoms with Gasteiger partial charge in [0.15, 0.2) is 5.76 Å². The van der Waals surface area contributed by atoms with Gasteiger partial charge in [0.1, 0.15) is 12.1 Å². The van der Waals surface area contributed by atoms with E-state index in [0.29, 0.717) is 29.6 Å². The van der Waals surface area contributed by atoms with E-state index in [4.69, 9.17) is 8.94 Å². The van der Waals surface area contributed by atoms with Gasteiger partial charge in [-0.1, -0.05) is 41.6 Å². The van der Waals surface area contributed by atoms with Gasteiger partial charge in [0, 0.05) is 11.9 Å². The molecular formula is C22H17N3O3S. The molecule has 0 unspecified atom stereocenters. The van der Waals surface area contributed by atoms with Crippen LogP contribution < -0.4 is 0 Å². The zero-order valence-electron chi connectivity index (χ0n) is 15.7. The number of aromatic nitrogens is 2. The highest BCUT2D eigenvalue weighted by Crippen LogP contribution is 2.29. The van der Waals surface area contributed by atoms with Gasteiger partial charge in [-0.15, -0.1) is 11.3 Å². The van der Waals surface area contributed by atoms with Crippen molar-refractivity contribution in [2.24, 2.45) is 0 Å². The molecule has 5 rings (SSSR count). The molecule has 0 bridgehead atoms. The molecule has 29 heavy (non-hydrogen) atoms. The quantitative estimate of drug-likeness (QED) is 0.395. The SMILES string of the molecule is CCN(Cc1nc(-c2cccs2)no1)C(=O)c1cc2c(ccc3ccccc32)o1. The Morgan fingerprint density at radius 2 is 2.00 bits per heavy atom. The lowest BCUT2D eigenvalue weighted by Gasteiger charge is -2.16. The Balaban J connectivity index is 1.43. The van der Waals surface area contributed by atoms with Gasteiger partial charge < -0.3 is 13.8 Å². The molecule has 3 aromatic heterocycles. The number of carbonyl (C=O) groups is 1. The number of benzene rings is 2. The highest BCUT2D eigenvalue weighted by atomic mass is 32.1. The number of thiophene rings is 1. The van der Waals surface area contributed by atoms with E-state index in [0.717, 1.165) is 21.0 Å². The van der Waals surface area contributed by atoms with E-state index in [2.05, 4.69) is 10.1 Å². The number of nitrogens with zero attached hydrogens (tertiary/aromatic N) is 3. The third kappa shape index (κ3) is 3.19. The standard InChI is InChI=1S/C22H17N3O3S/c1-2-25(13-20-23-21(24-28-20)19-8-5-11-29-19)22(26)18-12-16-15-7-4-3-6-14(15)9-10-17(16)27-18/h3-12H,2,13H2,1H3. The highest BCUT2D eigenvalue weighted by Gasteiger charge is 2.22. The molecule has 0 aliphatic heterocycles. The van der Waals surface area contributed by atoms with Crippen molar-refractivity contribution in [2.75, 3.05) is 6.54 Å². The summed E-state index contributed by atoms with van der Waals surface area (Å²) in [5, 5.41) is 9.07. The average Bonchev–Trinajstić information content (AvgIpc) is 3.51. The van der Waals surface area contributed by atoms with Crippen molar-refractivity contribution in [3.05, 3.63) is 71.6 Å². The summed E-state index contributed by atoms with van der Waals surface area (Å²) in [5.41, 5.74) is 0.695. The lowest BCUT2D eigenvalue weighted by molar-refractivity contribution is 0.0705. The fraction of sp³-hybridized carbons (Fsp3) is 0.136. The summed E-state index contributed by atoms with van der Waals surface area (Å²) in [6.45, 7) is 2.63. The molecule has 0 atom stereocenters. The molecule has 0 N–H and O–H groups in total. The summed E-state index contributed by atoms with van der Waals surface area (Å²) in [4.78, 5) is 20.0. The second-order valence-corrected chi connectivity index (χ2v) is 7.57. The maximum atomic E-state index is 13.1. The van der Waals surface area contributed by atoms with Crippen molar-refractivity contribution in [1.29, 1.82) is 0 Å². The number of hydrogen-bond donors (Lipinski definition) is 0. The van der Waals surface area contributed by atoms with Crippen LogP contribution in [-0.4, -0.2) is 27.5 Å². The van der Waals surface area contributed by atoms with Crippen LogP contribution in [0.1, 0.15) is 23.4 Å². The van der Waals surface area contributed by atoms with Gasteiger partial charge in [0.05, 0.1) is 4.88 Å². The predicted molar refractivity (Wildman–Crippen MR) is 112 cm³/mol. The van der Waals surface area contributed by atoms with Gasteiger partial charge in [-0.05, 0) is 41.3 Å². The number of furan rings is 1. The van der Waals surface area contributed by atoms with Gasteiger partial charge >= 0.3 is 0 Å². The molecule has 5 aromatic rings. The van der Waals surface area contributed by atoms with Gasteiger partial charge in [-0.3, -0.25) is 4.79 Å². The van der Waals surface area contributed by atoms with Gasteiger partial charge in [-0.2, -0.15) is 4.98 Å². The van der Waals surface area contributed by atoms with Crippen molar-refractivity contribution < 1.29 is 13.7 Å². The highest BCUT2D eigenvalue weighted by molar-refractivity contribution is 7.13. The molecule has 6 nitrogen and oxygen atoms in total. The molecule has 7 heteroatoms. The molecule has 3 heterocycles. The van der Waals surface area contributed by atoms with Crippen LogP contribution >= 0.6 is 11.3 Å². The van der Waals surface area contributed by atoms with Crippen molar-refractivity contribution in [1.82, 2.24) is 15.0 Å². The maximum absolute atomic E-state index is 13.1. The minimum Gasteiger partial charge on any atom is -0.451 e. The molecular weight excluding hydrogens is 386 g/mol. The fourth-order valence-electron chi connectivity index (χ4n) is 3.37. The molecule has 1 amide bonds. The monoisotopic (exact) mass is 403 g/mol. The minimum absolute atomic E-state index is 0.205. The lowest BCUT2D eigenvalue weighted by Crippen LogP contribution is -2.30. The second kappa shape index (κ2) is 7.18. The summed E-state index contributed by atoms with van der Waals surface area (Å²) >= 11 is 1.54. The molecule has 0 radical (unpaired) electrons. The van der Waals surface area contributed by atoms with E-state index in [1.165, 1.54) is 11.3 Å². The molecule has 0 aliphatic carbocycles. The Morgan fingerprint density at radius 3 is 2.83 bits per heavy atom. The summed E-state index contributed by atoms with van der Waals surface area (Å²) < 4.78 is 11.2. The van der Waals surface area contributed by atoms with Gasteiger partial charge in [-0.25, -0.2) is 0 Å². The third-order valence-corrected chi connectivity index (χ3v) is 5.71. The predicted octanol–water partition coefficient (Wildman–Crippen LogP) is 5.36. The van der Waals surface area contributed by atoms with Crippen molar-refractivity contribution >= 4 is 39.0 Å². The van der Waals surface area contributed by atoms with Crippen LogP contribution in [0.4, 0.5) is 0 Å². The van der Waals surface area contributed by atoms with Crippen molar-refractivity contribution in [3.8, 4) is 10.7 Å². The zero-order valence-corrected chi connectivity index (χ0v) is 16.5. The molecule has 0 saturated carbocycles. The van der Waals surface area contributed by atoms with Crippen LogP contribution in [0.5, 0.6) is 0 Å². The Labute approximate surface area is 170 Å². The van der Waals surface area contributed by atoms with Crippen LogP contribution in [-0.2, 0) is 6.54 Å². The summed E-state index contributed by atoms with van der Waals surface area (Å²) in [6.07, 6.45) is 0. The zero-order chi connectivity index (χ0) is 19.8. The Hall–Kier alpha value is -3.45. The molecule has 144 valence electrons. The van der Waals surface area contributed by atoms with Crippen LogP contribution in [0, 0.1) is 0 Å². The van der Waals surface area contributed by atoms with E-state index >= 15 is 0 Å². The average molecular weight is 403 g/mol. The number of carbonyl (C=O) groups excluding carboxylic acids is 1. The van der Waals surface area contributed by atoms with E-state index in [9.17, 15) is 4.79 Å². The molecule has 0 saturated heterocycles. The van der Waals surface area contributed by atoms with Crippen LogP contribution in [0.15, 0.2) is 68.9 Å². The van der Waals surface area contributed by atoms with E-state index < -0.39 is 0 Å². The largest absolute Gasteiger partial charge is 0.451 e. The minimum atomic E-state index is -0.205. The van der Waals surface area contributed by atoms with Gasteiger partial charge in [0.25, 0.3) is 5.91 Å². The number of amides is 1. The Kier molecular flexibility index (Phi) is 4.37. The molecule has 0 fully saturated rings. The second-order valence-electron chi connectivity index (χ2n) is 6.62. The van der Waals surface area contributed by atoms with E-state index in [1.54, 1.807) is 4.90 Å². The first-order valence-corrected chi connectivity index (χ1v) is 10.2. The Bertz CT molecular complexity index is 1300. The van der Waals surface area contributed by atoms with Crippen LogP contribution in [0.25, 0.3) is 32.4 Å². The topological polar surface area (TPSA) is 72.4 Å². The first-order chi connectivity index (χ1) is 14.2. The summed E-state index contributed by atoms with van der Waals surface area (Å²) in [6, 6.07) is 17.6. The summed E-state index contributed by atoms with van der Waals surface area (Å²) in [7, 11) is 0. The first-order valence-electron chi connectivity index (χ1n) is 9.30. The normalized spacial score (nSPS) is 11.3.